The van der Waals surface area contributed by atoms with Crippen molar-refractivity contribution in [2.75, 3.05) is 26.7 Å². The summed E-state index contributed by atoms with van der Waals surface area (Å²) in [5.41, 5.74) is 0.984. The molecule has 0 aliphatic heterocycles. The first-order valence-corrected chi connectivity index (χ1v) is 6.44. The highest BCUT2D eigenvalue weighted by Gasteiger charge is 2.41. The van der Waals surface area contributed by atoms with E-state index in [1.807, 2.05) is 7.05 Å². The zero-order chi connectivity index (χ0) is 13.0. The first-order chi connectivity index (χ1) is 8.65. The molecule has 100 valence electrons. The third-order valence-electron chi connectivity index (χ3n) is 3.60. The van der Waals surface area contributed by atoms with Crippen molar-refractivity contribution in [2.24, 2.45) is 5.41 Å². The largest absolute Gasteiger partial charge is 0.319 e. The lowest BCUT2D eigenvalue weighted by Gasteiger charge is -2.15. The third kappa shape index (κ3) is 3.50. The molecule has 2 N–H and O–H groups in total. The molecule has 1 aromatic carbocycles. The van der Waals surface area contributed by atoms with Crippen LogP contribution in [0.3, 0.4) is 0 Å². The van der Waals surface area contributed by atoms with Gasteiger partial charge in [-0.2, -0.15) is 0 Å². The van der Waals surface area contributed by atoms with Crippen LogP contribution in [0.1, 0.15) is 18.4 Å². The van der Waals surface area contributed by atoms with Gasteiger partial charge in [0, 0.05) is 19.2 Å². The molecular formula is C14H20F2N2. The molecule has 0 aromatic heterocycles. The minimum atomic E-state index is -0.518. The molecule has 0 radical (unpaired) electrons. The topological polar surface area (TPSA) is 24.1 Å². The van der Waals surface area contributed by atoms with Gasteiger partial charge in [-0.25, -0.2) is 8.78 Å². The molecule has 1 saturated carbocycles. The summed E-state index contributed by atoms with van der Waals surface area (Å²) in [6.45, 7) is 2.73. The Labute approximate surface area is 107 Å². The van der Waals surface area contributed by atoms with Crippen LogP contribution in [0, 0.1) is 17.0 Å². The van der Waals surface area contributed by atoms with E-state index in [-0.39, 0.29) is 0 Å². The maximum Gasteiger partial charge on any atom is 0.129 e. The Kier molecular flexibility index (Phi) is 4.30. The second-order valence-electron chi connectivity index (χ2n) is 5.19. The fourth-order valence-electron chi connectivity index (χ4n) is 2.27. The van der Waals surface area contributed by atoms with Crippen molar-refractivity contribution in [1.29, 1.82) is 0 Å². The molecule has 1 aliphatic rings. The zero-order valence-electron chi connectivity index (χ0n) is 10.7. The van der Waals surface area contributed by atoms with Crippen molar-refractivity contribution in [3.63, 3.8) is 0 Å². The van der Waals surface area contributed by atoms with Gasteiger partial charge in [-0.1, -0.05) is 6.07 Å². The normalized spacial score (nSPS) is 16.8. The van der Waals surface area contributed by atoms with Gasteiger partial charge < -0.3 is 10.6 Å². The summed E-state index contributed by atoms with van der Waals surface area (Å²) < 4.78 is 26.1. The zero-order valence-corrected chi connectivity index (χ0v) is 10.7. The molecule has 1 aliphatic carbocycles. The maximum absolute atomic E-state index is 13.4. The molecule has 2 nitrogen and oxygen atoms in total. The molecular weight excluding hydrogens is 234 g/mol. The fourth-order valence-corrected chi connectivity index (χ4v) is 2.27. The highest BCUT2D eigenvalue weighted by molar-refractivity contribution is 5.18. The molecule has 0 heterocycles. The van der Waals surface area contributed by atoms with Gasteiger partial charge in [0.15, 0.2) is 0 Å². The van der Waals surface area contributed by atoms with Crippen molar-refractivity contribution in [3.8, 4) is 0 Å². The second-order valence-corrected chi connectivity index (χ2v) is 5.19. The summed E-state index contributed by atoms with van der Waals surface area (Å²) in [7, 11) is 1.97. The van der Waals surface area contributed by atoms with E-state index in [0.29, 0.717) is 17.4 Å². The van der Waals surface area contributed by atoms with E-state index in [4.69, 9.17) is 0 Å². The standard InChI is InChI=1S/C14H20F2N2/c1-17-9-14(5-6-14)10-18-7-4-11-2-3-12(15)8-13(11)16/h2-3,8,17-18H,4-7,9-10H2,1H3. The summed E-state index contributed by atoms with van der Waals surface area (Å²) in [5.74, 6) is -0.969. The molecule has 0 saturated heterocycles. The van der Waals surface area contributed by atoms with Crippen LogP contribution in [-0.2, 0) is 6.42 Å². The number of hydrogen-bond donors (Lipinski definition) is 2. The molecule has 1 aromatic rings. The first-order valence-electron chi connectivity index (χ1n) is 6.44. The van der Waals surface area contributed by atoms with Crippen LogP contribution >= 0.6 is 0 Å². The Morgan fingerprint density at radius 3 is 2.61 bits per heavy atom. The van der Waals surface area contributed by atoms with Crippen molar-refractivity contribution in [1.82, 2.24) is 10.6 Å². The van der Waals surface area contributed by atoms with Gasteiger partial charge in [-0.15, -0.1) is 0 Å². The van der Waals surface area contributed by atoms with Gasteiger partial charge in [0.05, 0.1) is 0 Å². The van der Waals surface area contributed by atoms with E-state index in [0.717, 1.165) is 25.7 Å². The highest BCUT2D eigenvalue weighted by atomic mass is 19.1. The smallest absolute Gasteiger partial charge is 0.129 e. The molecule has 4 heteroatoms. The van der Waals surface area contributed by atoms with Crippen LogP contribution in [0.4, 0.5) is 8.78 Å². The van der Waals surface area contributed by atoms with Crippen molar-refractivity contribution in [3.05, 3.63) is 35.4 Å². The van der Waals surface area contributed by atoms with Crippen molar-refractivity contribution in [2.45, 2.75) is 19.3 Å². The van der Waals surface area contributed by atoms with E-state index in [1.54, 1.807) is 0 Å². The molecule has 1 fully saturated rings. The van der Waals surface area contributed by atoms with Gasteiger partial charge >= 0.3 is 0 Å². The van der Waals surface area contributed by atoms with Crippen LogP contribution in [-0.4, -0.2) is 26.7 Å². The molecule has 18 heavy (non-hydrogen) atoms. The second kappa shape index (κ2) is 5.76. The van der Waals surface area contributed by atoms with Gasteiger partial charge in [0.2, 0.25) is 0 Å². The van der Waals surface area contributed by atoms with Gasteiger partial charge in [0.25, 0.3) is 0 Å². The summed E-state index contributed by atoms with van der Waals surface area (Å²) in [4.78, 5) is 0. The Morgan fingerprint density at radius 1 is 1.22 bits per heavy atom. The molecule has 0 unspecified atom stereocenters. The molecule has 0 bridgehead atoms. The van der Waals surface area contributed by atoms with Crippen LogP contribution in [0.2, 0.25) is 0 Å². The predicted octanol–water partition coefficient (Wildman–Crippen LogP) is 2.10. The van der Waals surface area contributed by atoms with Crippen molar-refractivity contribution < 1.29 is 8.78 Å². The summed E-state index contributed by atoms with van der Waals surface area (Å²) in [6, 6.07) is 3.77. The Hall–Kier alpha value is -1.00. The van der Waals surface area contributed by atoms with Crippen molar-refractivity contribution >= 4 is 0 Å². The monoisotopic (exact) mass is 254 g/mol. The van der Waals surface area contributed by atoms with Crippen LogP contribution in [0.5, 0.6) is 0 Å². The number of hydrogen-bond acceptors (Lipinski definition) is 2. The lowest BCUT2D eigenvalue weighted by molar-refractivity contribution is 0.440. The fraction of sp³-hybridized carbons (Fsp3) is 0.571. The Bertz CT molecular complexity index is 403. The van der Waals surface area contributed by atoms with E-state index < -0.39 is 11.6 Å². The van der Waals surface area contributed by atoms with Gasteiger partial charge in [-0.3, -0.25) is 0 Å². The van der Waals surface area contributed by atoms with E-state index in [9.17, 15) is 8.78 Å². The molecule has 0 amide bonds. The lowest BCUT2D eigenvalue weighted by Crippen LogP contribution is -2.32. The SMILES string of the molecule is CNCC1(CNCCc2ccc(F)cc2F)CC1. The number of halogens is 2. The predicted molar refractivity (Wildman–Crippen MR) is 68.5 cm³/mol. The van der Waals surface area contributed by atoms with Crippen LogP contribution in [0.25, 0.3) is 0 Å². The van der Waals surface area contributed by atoms with Crippen LogP contribution < -0.4 is 10.6 Å². The molecule has 0 atom stereocenters. The Balaban J connectivity index is 1.72. The average molecular weight is 254 g/mol. The number of rotatable bonds is 7. The minimum absolute atomic E-state index is 0.413. The Morgan fingerprint density at radius 2 is 2.00 bits per heavy atom. The van der Waals surface area contributed by atoms with E-state index in [1.165, 1.54) is 25.0 Å². The molecule has 0 spiro atoms. The maximum atomic E-state index is 13.4. The van der Waals surface area contributed by atoms with Gasteiger partial charge in [0.1, 0.15) is 11.6 Å². The highest BCUT2D eigenvalue weighted by Crippen LogP contribution is 2.44. The number of benzene rings is 1. The quantitative estimate of drug-likeness (QED) is 0.728. The number of nitrogens with one attached hydrogen (secondary N) is 2. The first kappa shape index (κ1) is 13.4. The summed E-state index contributed by atoms with van der Waals surface area (Å²) in [5, 5.41) is 6.57. The minimum Gasteiger partial charge on any atom is -0.319 e. The summed E-state index contributed by atoms with van der Waals surface area (Å²) >= 11 is 0. The van der Waals surface area contributed by atoms with E-state index in [2.05, 4.69) is 10.6 Å². The lowest BCUT2D eigenvalue weighted by atomic mass is 10.1. The summed E-state index contributed by atoms with van der Waals surface area (Å²) in [6.07, 6.45) is 3.11. The van der Waals surface area contributed by atoms with Crippen LogP contribution in [0.15, 0.2) is 18.2 Å². The average Bonchev–Trinajstić information content (AvgIpc) is 3.08. The van der Waals surface area contributed by atoms with E-state index >= 15 is 0 Å². The molecule has 2 rings (SSSR count). The van der Waals surface area contributed by atoms with Gasteiger partial charge in [-0.05, 0) is 49.9 Å². The third-order valence-corrected chi connectivity index (χ3v) is 3.60.